The summed E-state index contributed by atoms with van der Waals surface area (Å²) in [5.41, 5.74) is 1.45. The fourth-order valence-electron chi connectivity index (χ4n) is 2.48. The number of aliphatic hydroxyl groups excluding tert-OH is 1. The van der Waals surface area contributed by atoms with Gasteiger partial charge in [-0.3, -0.25) is 0 Å². The van der Waals surface area contributed by atoms with E-state index < -0.39 is 10.0 Å². The number of hydrogen-bond donors (Lipinski definition) is 1. The first-order chi connectivity index (χ1) is 10.6. The van der Waals surface area contributed by atoms with Crippen LogP contribution in [0.4, 0.5) is 5.69 Å². The second-order valence-corrected chi connectivity index (χ2v) is 6.52. The molecule has 0 saturated carbocycles. The van der Waals surface area contributed by atoms with Crippen LogP contribution >= 0.6 is 0 Å². The molecule has 0 saturated heterocycles. The van der Waals surface area contributed by atoms with Gasteiger partial charge in [-0.05, 0) is 30.7 Å². The van der Waals surface area contributed by atoms with Gasteiger partial charge < -0.3 is 10.0 Å². The van der Waals surface area contributed by atoms with E-state index >= 15 is 0 Å². The second kappa shape index (κ2) is 5.90. The molecule has 1 N–H and O–H groups in total. The number of nitrogens with zero attached hydrogens (tertiary/aromatic N) is 2. The van der Waals surface area contributed by atoms with Crippen LogP contribution in [-0.2, 0) is 10.0 Å². The van der Waals surface area contributed by atoms with Gasteiger partial charge in [-0.25, -0.2) is 0 Å². The molecule has 0 aromatic heterocycles. The summed E-state index contributed by atoms with van der Waals surface area (Å²) in [6, 6.07) is 16.3. The molecule has 22 heavy (non-hydrogen) atoms. The fourth-order valence-corrected chi connectivity index (χ4v) is 3.69. The smallest absolute Gasteiger partial charge is 0.285 e. The summed E-state index contributed by atoms with van der Waals surface area (Å²) >= 11 is 0. The van der Waals surface area contributed by atoms with Crippen molar-refractivity contribution in [2.45, 2.75) is 11.3 Å². The van der Waals surface area contributed by atoms with E-state index in [0.717, 1.165) is 5.69 Å². The Labute approximate surface area is 129 Å². The highest BCUT2D eigenvalue weighted by Gasteiger charge is 2.31. The summed E-state index contributed by atoms with van der Waals surface area (Å²) < 4.78 is 28.4. The van der Waals surface area contributed by atoms with Crippen molar-refractivity contribution in [2.75, 3.05) is 18.1 Å². The number of fused-ring (bicyclic) bond motifs is 1. The van der Waals surface area contributed by atoms with Crippen molar-refractivity contribution in [3.05, 3.63) is 60.2 Å². The number of para-hydroxylation sites is 1. The Bertz CT molecular complexity index is 801. The van der Waals surface area contributed by atoms with Crippen LogP contribution in [0, 0.1) is 0 Å². The van der Waals surface area contributed by atoms with Crippen LogP contribution in [0.15, 0.2) is 63.9 Å². The molecule has 3 rings (SSSR count). The average Bonchev–Trinajstić information content (AvgIpc) is 2.81. The zero-order valence-electron chi connectivity index (χ0n) is 11.9. The molecule has 0 bridgehead atoms. The molecule has 0 atom stereocenters. The van der Waals surface area contributed by atoms with Crippen molar-refractivity contribution in [2.24, 2.45) is 4.40 Å². The number of amidine groups is 1. The molecule has 0 unspecified atom stereocenters. The molecule has 1 aliphatic rings. The Balaban J connectivity index is 2.10. The van der Waals surface area contributed by atoms with Gasteiger partial charge in [0.15, 0.2) is 5.84 Å². The van der Waals surface area contributed by atoms with Crippen molar-refractivity contribution in [3.63, 3.8) is 0 Å². The summed E-state index contributed by atoms with van der Waals surface area (Å²) in [7, 11) is -3.65. The van der Waals surface area contributed by atoms with Crippen LogP contribution < -0.4 is 4.90 Å². The lowest BCUT2D eigenvalue weighted by Gasteiger charge is -2.24. The van der Waals surface area contributed by atoms with Crippen molar-refractivity contribution in [3.8, 4) is 0 Å². The molecule has 0 amide bonds. The molecule has 114 valence electrons. The first-order valence-electron chi connectivity index (χ1n) is 7.01. The summed E-state index contributed by atoms with van der Waals surface area (Å²) in [5.74, 6) is 0.412. The van der Waals surface area contributed by atoms with E-state index in [0.29, 0.717) is 24.4 Å². The molecule has 6 heteroatoms. The van der Waals surface area contributed by atoms with Crippen LogP contribution in [0.2, 0.25) is 0 Å². The van der Waals surface area contributed by atoms with Gasteiger partial charge in [0.25, 0.3) is 10.0 Å². The lowest BCUT2D eigenvalue weighted by Crippen LogP contribution is -2.32. The van der Waals surface area contributed by atoms with Crippen LogP contribution in [-0.4, -0.2) is 32.5 Å². The third-order valence-electron chi connectivity index (χ3n) is 3.48. The monoisotopic (exact) mass is 316 g/mol. The maximum atomic E-state index is 12.2. The molecular formula is C16H16N2O3S. The van der Waals surface area contributed by atoms with Crippen molar-refractivity contribution >= 4 is 21.5 Å². The summed E-state index contributed by atoms with van der Waals surface area (Å²) in [6.45, 7) is 0.522. The van der Waals surface area contributed by atoms with Crippen LogP contribution in [0.25, 0.3) is 0 Å². The molecule has 0 radical (unpaired) electrons. The normalized spacial score (nSPS) is 15.2. The van der Waals surface area contributed by atoms with Gasteiger partial charge in [0.1, 0.15) is 4.90 Å². The largest absolute Gasteiger partial charge is 0.396 e. The van der Waals surface area contributed by atoms with Gasteiger partial charge in [0.2, 0.25) is 0 Å². The quantitative estimate of drug-likeness (QED) is 0.937. The van der Waals surface area contributed by atoms with Gasteiger partial charge >= 0.3 is 0 Å². The van der Waals surface area contributed by atoms with Crippen LogP contribution in [0.5, 0.6) is 0 Å². The molecule has 0 spiro atoms. The van der Waals surface area contributed by atoms with Crippen LogP contribution in [0.3, 0.4) is 0 Å². The third kappa shape index (κ3) is 2.63. The summed E-state index contributed by atoms with van der Waals surface area (Å²) in [4.78, 5) is 2.06. The van der Waals surface area contributed by atoms with E-state index in [4.69, 9.17) is 5.11 Å². The SMILES string of the molecule is O=S1(=O)N=C(N(CCCO)c2ccccc2)c2ccccc21. The number of rotatable bonds is 4. The topological polar surface area (TPSA) is 70.0 Å². The first kappa shape index (κ1) is 14.7. The van der Waals surface area contributed by atoms with Crippen LogP contribution in [0.1, 0.15) is 12.0 Å². The Morgan fingerprint density at radius 2 is 1.68 bits per heavy atom. The van der Waals surface area contributed by atoms with Crippen molar-refractivity contribution < 1.29 is 13.5 Å². The molecule has 2 aromatic rings. The minimum atomic E-state index is -3.65. The zero-order chi connectivity index (χ0) is 15.6. The Morgan fingerprint density at radius 1 is 1.00 bits per heavy atom. The number of sulfonamides is 1. The predicted octanol–water partition coefficient (Wildman–Crippen LogP) is 2.02. The highest BCUT2D eigenvalue weighted by molar-refractivity contribution is 7.90. The van der Waals surface area contributed by atoms with Gasteiger partial charge in [-0.1, -0.05) is 30.3 Å². The Kier molecular flexibility index (Phi) is 3.96. The Morgan fingerprint density at radius 3 is 2.41 bits per heavy atom. The highest BCUT2D eigenvalue weighted by Crippen LogP contribution is 2.29. The van der Waals surface area contributed by atoms with E-state index in [1.165, 1.54) is 0 Å². The van der Waals surface area contributed by atoms with Gasteiger partial charge in [-0.2, -0.15) is 8.42 Å². The molecule has 1 aliphatic heterocycles. The molecule has 0 aliphatic carbocycles. The number of hydrogen-bond acceptors (Lipinski definition) is 4. The first-order valence-corrected chi connectivity index (χ1v) is 8.45. The fraction of sp³-hybridized carbons (Fsp3) is 0.188. The minimum absolute atomic E-state index is 0.0327. The van der Waals surface area contributed by atoms with Crippen molar-refractivity contribution in [1.29, 1.82) is 0 Å². The molecule has 2 aromatic carbocycles. The zero-order valence-corrected chi connectivity index (χ0v) is 12.7. The van der Waals surface area contributed by atoms with E-state index in [9.17, 15) is 8.42 Å². The van der Waals surface area contributed by atoms with E-state index in [1.807, 2.05) is 35.2 Å². The van der Waals surface area contributed by atoms with E-state index in [-0.39, 0.29) is 11.5 Å². The van der Waals surface area contributed by atoms with Crippen molar-refractivity contribution in [1.82, 2.24) is 0 Å². The maximum Gasteiger partial charge on any atom is 0.285 e. The molecular weight excluding hydrogens is 300 g/mol. The predicted molar refractivity (Wildman–Crippen MR) is 85.7 cm³/mol. The third-order valence-corrected chi connectivity index (χ3v) is 4.80. The minimum Gasteiger partial charge on any atom is -0.396 e. The van der Waals surface area contributed by atoms with Gasteiger partial charge in [0, 0.05) is 24.4 Å². The average molecular weight is 316 g/mol. The lowest BCUT2D eigenvalue weighted by molar-refractivity contribution is 0.291. The number of benzene rings is 2. The van der Waals surface area contributed by atoms with Gasteiger partial charge in [0.05, 0.1) is 0 Å². The van der Waals surface area contributed by atoms with Gasteiger partial charge in [-0.15, -0.1) is 4.40 Å². The number of aliphatic hydroxyl groups is 1. The van der Waals surface area contributed by atoms with E-state index in [1.54, 1.807) is 24.3 Å². The second-order valence-electron chi connectivity index (χ2n) is 4.95. The maximum absolute atomic E-state index is 12.2. The Hall–Kier alpha value is -2.18. The van der Waals surface area contributed by atoms with E-state index in [2.05, 4.69) is 4.40 Å². The summed E-state index contributed by atoms with van der Waals surface area (Å²) in [6.07, 6.45) is 0.524. The molecule has 0 fully saturated rings. The number of anilines is 1. The lowest BCUT2D eigenvalue weighted by atomic mass is 10.1. The molecule has 1 heterocycles. The standard InChI is InChI=1S/C16H16N2O3S/c19-12-6-11-18(13-7-2-1-3-8-13)16-14-9-4-5-10-15(14)22(20,21)17-16/h1-5,7-10,19H,6,11-12H2. The molecule has 5 nitrogen and oxygen atoms in total. The summed E-state index contributed by atoms with van der Waals surface area (Å²) in [5, 5.41) is 9.12. The highest BCUT2D eigenvalue weighted by atomic mass is 32.2.